The van der Waals surface area contributed by atoms with Gasteiger partial charge in [-0.05, 0) is 50.6 Å². The highest BCUT2D eigenvalue weighted by Gasteiger charge is 2.37. The average Bonchev–Trinajstić information content (AvgIpc) is 3.00. The van der Waals surface area contributed by atoms with Crippen molar-refractivity contribution in [1.29, 1.82) is 0 Å². The van der Waals surface area contributed by atoms with E-state index in [-0.39, 0.29) is 10.5 Å². The molecule has 1 fully saturated rings. The summed E-state index contributed by atoms with van der Waals surface area (Å²) < 4.78 is 31.1. The molecule has 1 saturated carbocycles. The molecule has 0 aromatic carbocycles. The Morgan fingerprint density at radius 1 is 1.36 bits per heavy atom. The van der Waals surface area contributed by atoms with Gasteiger partial charge < -0.3 is 0 Å². The first-order chi connectivity index (χ1) is 12.0. The molecule has 25 heavy (non-hydrogen) atoms. The van der Waals surface area contributed by atoms with Crippen LogP contribution >= 0.6 is 23.3 Å². The fourth-order valence-corrected chi connectivity index (χ4v) is 4.07. The fraction of sp³-hybridized carbons (Fsp3) is 0.438. The first-order valence-electron chi connectivity index (χ1n) is 7.96. The lowest BCUT2D eigenvalue weighted by molar-refractivity contribution is 0.150. The third-order valence-corrected chi connectivity index (χ3v) is 6.39. The number of nitrogens with zero attached hydrogens (tertiary/aromatic N) is 4. The maximum absolute atomic E-state index is 12.8. The standard InChI is InChI=1S/C16H17F2N5S2/c1-9-3-4-10(25-22-16(2)5-6-16)8-23-11(7-19-13(9)23)14-20-21-15(24-14)12(17)18/h3,7-8,12,22H,4-6H2,1-2H3. The van der Waals surface area contributed by atoms with Crippen molar-refractivity contribution in [2.24, 2.45) is 0 Å². The lowest BCUT2D eigenvalue weighted by Crippen LogP contribution is -2.20. The summed E-state index contributed by atoms with van der Waals surface area (Å²) >= 11 is 2.53. The van der Waals surface area contributed by atoms with Gasteiger partial charge in [0.2, 0.25) is 0 Å². The van der Waals surface area contributed by atoms with Crippen molar-refractivity contribution in [3.63, 3.8) is 0 Å². The van der Waals surface area contributed by atoms with Crippen molar-refractivity contribution in [3.8, 4) is 10.7 Å². The number of halogens is 2. The zero-order valence-corrected chi connectivity index (χ0v) is 15.4. The average molecular weight is 381 g/mol. The Morgan fingerprint density at radius 3 is 2.84 bits per heavy atom. The molecular formula is C16H17F2N5S2. The van der Waals surface area contributed by atoms with E-state index in [0.29, 0.717) is 10.7 Å². The molecular weight excluding hydrogens is 364 g/mol. The van der Waals surface area contributed by atoms with Crippen LogP contribution in [-0.4, -0.2) is 25.3 Å². The summed E-state index contributed by atoms with van der Waals surface area (Å²) in [7, 11) is 0. The molecule has 1 aliphatic heterocycles. The van der Waals surface area contributed by atoms with Crippen molar-refractivity contribution in [2.75, 3.05) is 0 Å². The van der Waals surface area contributed by atoms with Gasteiger partial charge in [0.1, 0.15) is 11.5 Å². The number of aromatic nitrogens is 4. The van der Waals surface area contributed by atoms with Gasteiger partial charge in [-0.15, -0.1) is 10.2 Å². The fourth-order valence-electron chi connectivity index (χ4n) is 2.46. The van der Waals surface area contributed by atoms with Crippen LogP contribution in [0.4, 0.5) is 8.78 Å². The number of nitrogens with one attached hydrogen (secondary N) is 1. The second-order valence-corrected chi connectivity index (χ2v) is 8.48. The number of hydrogen-bond acceptors (Lipinski definition) is 6. The topological polar surface area (TPSA) is 55.6 Å². The van der Waals surface area contributed by atoms with Gasteiger partial charge in [-0.2, -0.15) is 0 Å². The molecule has 0 atom stereocenters. The monoisotopic (exact) mass is 381 g/mol. The predicted octanol–water partition coefficient (Wildman–Crippen LogP) is 4.73. The van der Waals surface area contributed by atoms with Crippen LogP contribution in [0.1, 0.15) is 50.4 Å². The molecule has 2 aliphatic rings. The Bertz CT molecular complexity index is 864. The summed E-state index contributed by atoms with van der Waals surface area (Å²) in [6.45, 7) is 4.21. The number of imidazole rings is 1. The Morgan fingerprint density at radius 2 is 2.16 bits per heavy atom. The predicted molar refractivity (Wildman–Crippen MR) is 97.0 cm³/mol. The molecule has 0 radical (unpaired) electrons. The smallest absolute Gasteiger partial charge is 0.291 e. The quantitative estimate of drug-likeness (QED) is 0.759. The number of hydrogen-bond donors (Lipinski definition) is 1. The first kappa shape index (κ1) is 16.9. The molecule has 0 saturated heterocycles. The number of rotatable bonds is 5. The number of alkyl halides is 2. The van der Waals surface area contributed by atoms with Crippen molar-refractivity contribution in [2.45, 2.75) is 45.1 Å². The largest absolute Gasteiger partial charge is 0.296 e. The summed E-state index contributed by atoms with van der Waals surface area (Å²) in [5.41, 5.74) is 1.96. The second kappa shape index (κ2) is 6.30. The van der Waals surface area contributed by atoms with E-state index in [1.807, 2.05) is 17.7 Å². The summed E-state index contributed by atoms with van der Waals surface area (Å²) in [5, 5.41) is 7.68. The van der Waals surface area contributed by atoms with Gasteiger partial charge in [0, 0.05) is 16.6 Å². The third kappa shape index (κ3) is 3.40. The third-order valence-electron chi connectivity index (χ3n) is 4.31. The van der Waals surface area contributed by atoms with E-state index in [9.17, 15) is 8.78 Å². The molecule has 0 amide bonds. The normalized spacial score (nSPS) is 18.6. The number of allylic oxidation sites excluding steroid dienone is 3. The Kier molecular flexibility index (Phi) is 4.25. The highest BCUT2D eigenvalue weighted by Crippen LogP contribution is 2.39. The van der Waals surface area contributed by atoms with E-state index in [2.05, 4.69) is 32.9 Å². The number of fused-ring (bicyclic) bond motifs is 1. The van der Waals surface area contributed by atoms with E-state index >= 15 is 0 Å². The Balaban J connectivity index is 1.68. The van der Waals surface area contributed by atoms with E-state index in [1.54, 1.807) is 18.1 Å². The molecule has 0 spiro atoms. The molecule has 4 rings (SSSR count). The van der Waals surface area contributed by atoms with E-state index in [1.165, 1.54) is 12.8 Å². The molecule has 5 nitrogen and oxygen atoms in total. The van der Waals surface area contributed by atoms with Crippen LogP contribution in [0.5, 0.6) is 0 Å². The van der Waals surface area contributed by atoms with Gasteiger partial charge in [0.25, 0.3) is 6.43 Å². The maximum atomic E-state index is 12.8. The van der Waals surface area contributed by atoms with Crippen LogP contribution in [0.25, 0.3) is 22.5 Å². The Labute approximate surface area is 152 Å². The minimum atomic E-state index is -2.61. The van der Waals surface area contributed by atoms with Crippen molar-refractivity contribution in [3.05, 3.63) is 28.0 Å². The minimum Gasteiger partial charge on any atom is -0.296 e. The van der Waals surface area contributed by atoms with Gasteiger partial charge in [0.15, 0.2) is 10.0 Å². The molecule has 1 N–H and O–H groups in total. The molecule has 132 valence electrons. The molecule has 3 heterocycles. The van der Waals surface area contributed by atoms with Crippen molar-refractivity contribution >= 4 is 35.1 Å². The zero-order valence-electron chi connectivity index (χ0n) is 13.8. The second-order valence-electron chi connectivity index (χ2n) is 6.53. The van der Waals surface area contributed by atoms with Crippen molar-refractivity contribution < 1.29 is 8.78 Å². The highest BCUT2D eigenvalue weighted by molar-refractivity contribution is 8.01. The lowest BCUT2D eigenvalue weighted by atomic mass is 10.2. The van der Waals surface area contributed by atoms with Gasteiger partial charge in [-0.3, -0.25) is 9.29 Å². The summed E-state index contributed by atoms with van der Waals surface area (Å²) in [4.78, 5) is 5.60. The molecule has 9 heteroatoms. The van der Waals surface area contributed by atoms with Gasteiger partial charge >= 0.3 is 0 Å². The first-order valence-corrected chi connectivity index (χ1v) is 9.59. The van der Waals surface area contributed by atoms with E-state index in [0.717, 1.165) is 34.1 Å². The summed E-state index contributed by atoms with van der Waals surface area (Å²) in [6.07, 6.45) is 6.39. The zero-order chi connectivity index (χ0) is 17.6. The van der Waals surface area contributed by atoms with E-state index < -0.39 is 6.43 Å². The maximum Gasteiger partial charge on any atom is 0.291 e. The minimum absolute atomic E-state index is 0.225. The van der Waals surface area contributed by atoms with E-state index in [4.69, 9.17) is 0 Å². The molecule has 2 aromatic rings. The van der Waals surface area contributed by atoms with Crippen molar-refractivity contribution in [1.82, 2.24) is 24.5 Å². The Hall–Kier alpha value is -1.58. The van der Waals surface area contributed by atoms with Gasteiger partial charge in [-0.1, -0.05) is 17.4 Å². The van der Waals surface area contributed by atoms with Gasteiger partial charge in [-0.25, -0.2) is 13.8 Å². The van der Waals surface area contributed by atoms with Crippen LogP contribution < -0.4 is 4.72 Å². The van der Waals surface area contributed by atoms with Gasteiger partial charge in [0.05, 0.1) is 6.20 Å². The molecule has 2 aromatic heterocycles. The van der Waals surface area contributed by atoms with Crippen LogP contribution in [0, 0.1) is 0 Å². The van der Waals surface area contributed by atoms with Crippen LogP contribution in [-0.2, 0) is 0 Å². The van der Waals surface area contributed by atoms with Crippen LogP contribution in [0.15, 0.2) is 17.2 Å². The molecule has 1 aliphatic carbocycles. The molecule has 0 bridgehead atoms. The SMILES string of the molecule is CC1=CCC(SNC2(C)CC2)=Cn2c(-c3nnc(C(F)F)s3)cnc21. The summed E-state index contributed by atoms with van der Waals surface area (Å²) in [6, 6.07) is 0. The summed E-state index contributed by atoms with van der Waals surface area (Å²) in [5.74, 6) is 0.803. The lowest BCUT2D eigenvalue weighted by Gasteiger charge is -2.12. The van der Waals surface area contributed by atoms with Crippen LogP contribution in [0.2, 0.25) is 0 Å². The highest BCUT2D eigenvalue weighted by atomic mass is 32.2. The van der Waals surface area contributed by atoms with Crippen LogP contribution in [0.3, 0.4) is 0 Å². The molecule has 0 unspecified atom stereocenters.